The fraction of sp³-hybridized carbons (Fsp3) is 0.160. The van der Waals surface area contributed by atoms with Gasteiger partial charge in [0.2, 0.25) is 5.91 Å². The summed E-state index contributed by atoms with van der Waals surface area (Å²) in [6, 6.07) is 22.6. The van der Waals surface area contributed by atoms with Gasteiger partial charge in [0.1, 0.15) is 0 Å². The smallest absolute Gasteiger partial charge is 0.266 e. The summed E-state index contributed by atoms with van der Waals surface area (Å²) in [5.74, 6) is 0.0434. The topological polar surface area (TPSA) is 64.0 Å². The van der Waals surface area contributed by atoms with Crippen LogP contribution in [0.15, 0.2) is 82.7 Å². The number of hydrogen-bond donors (Lipinski definition) is 1. The van der Waals surface area contributed by atoms with E-state index in [1.165, 1.54) is 17.3 Å². The molecule has 162 valence electrons. The predicted octanol–water partition coefficient (Wildman–Crippen LogP) is 4.80. The number of carbonyl (C=O) groups excluding carboxylic acids is 1. The summed E-state index contributed by atoms with van der Waals surface area (Å²) in [6.45, 7) is 2.42. The summed E-state index contributed by atoms with van der Waals surface area (Å²) in [5, 5.41) is 4.48. The molecule has 1 aromatic heterocycles. The van der Waals surface area contributed by atoms with E-state index in [1.54, 1.807) is 28.8 Å². The number of benzene rings is 3. The first-order chi connectivity index (χ1) is 15.5. The van der Waals surface area contributed by atoms with Crippen LogP contribution in [0.2, 0.25) is 5.02 Å². The Labute approximate surface area is 195 Å². The van der Waals surface area contributed by atoms with Crippen molar-refractivity contribution in [2.75, 3.05) is 12.3 Å². The van der Waals surface area contributed by atoms with Gasteiger partial charge in [0.05, 0.1) is 22.3 Å². The average Bonchev–Trinajstić information content (AvgIpc) is 2.81. The van der Waals surface area contributed by atoms with Crippen molar-refractivity contribution in [2.45, 2.75) is 18.5 Å². The Morgan fingerprint density at radius 3 is 2.59 bits per heavy atom. The second-order valence-electron chi connectivity index (χ2n) is 7.31. The molecular formula is C25H22ClN3O2S. The number of carbonyl (C=O) groups is 1. The van der Waals surface area contributed by atoms with E-state index in [2.05, 4.69) is 10.3 Å². The highest BCUT2D eigenvalue weighted by Crippen LogP contribution is 2.26. The number of thioether (sulfide) groups is 1. The third kappa shape index (κ3) is 4.87. The van der Waals surface area contributed by atoms with E-state index >= 15 is 0 Å². The molecule has 0 radical (unpaired) electrons. The number of amides is 1. The molecule has 5 nitrogen and oxygen atoms in total. The fourth-order valence-electron chi connectivity index (χ4n) is 3.43. The molecule has 0 aliphatic heterocycles. The van der Waals surface area contributed by atoms with Crippen LogP contribution in [0.25, 0.3) is 16.6 Å². The highest BCUT2D eigenvalue weighted by Gasteiger charge is 2.16. The minimum atomic E-state index is -0.187. The van der Waals surface area contributed by atoms with Gasteiger partial charge in [0.15, 0.2) is 5.16 Å². The lowest BCUT2D eigenvalue weighted by Gasteiger charge is -2.15. The van der Waals surface area contributed by atoms with Gasteiger partial charge in [-0.15, -0.1) is 0 Å². The van der Waals surface area contributed by atoms with E-state index in [0.29, 0.717) is 33.3 Å². The molecule has 4 rings (SSSR count). The molecule has 0 saturated heterocycles. The van der Waals surface area contributed by atoms with Gasteiger partial charge < -0.3 is 5.32 Å². The Morgan fingerprint density at radius 2 is 1.78 bits per heavy atom. The molecule has 7 heteroatoms. The molecule has 0 aliphatic carbocycles. The van der Waals surface area contributed by atoms with Crippen LogP contribution in [0.4, 0.5) is 0 Å². The van der Waals surface area contributed by atoms with Crippen molar-refractivity contribution in [3.05, 3.63) is 99.3 Å². The lowest BCUT2D eigenvalue weighted by atomic mass is 10.1. The number of aromatic nitrogens is 2. The number of halogens is 1. The van der Waals surface area contributed by atoms with Crippen molar-refractivity contribution >= 4 is 40.2 Å². The van der Waals surface area contributed by atoms with Crippen molar-refractivity contribution in [3.8, 4) is 5.69 Å². The Balaban J connectivity index is 1.58. The molecule has 0 aliphatic rings. The molecule has 0 saturated carbocycles. The number of rotatable bonds is 7. The van der Waals surface area contributed by atoms with E-state index in [-0.39, 0.29) is 17.2 Å². The first kappa shape index (κ1) is 22.1. The van der Waals surface area contributed by atoms with Crippen molar-refractivity contribution in [1.29, 1.82) is 0 Å². The fourth-order valence-corrected chi connectivity index (χ4v) is 4.44. The number of hydrogen-bond acceptors (Lipinski definition) is 4. The first-order valence-electron chi connectivity index (χ1n) is 10.3. The van der Waals surface area contributed by atoms with Gasteiger partial charge in [-0.1, -0.05) is 71.9 Å². The molecular weight excluding hydrogens is 442 g/mol. The highest BCUT2D eigenvalue weighted by molar-refractivity contribution is 7.99. The predicted molar refractivity (Wildman–Crippen MR) is 131 cm³/mol. The maximum Gasteiger partial charge on any atom is 0.266 e. The molecule has 4 aromatic rings. The normalized spacial score (nSPS) is 10.9. The highest BCUT2D eigenvalue weighted by atomic mass is 35.5. The zero-order chi connectivity index (χ0) is 22.5. The van der Waals surface area contributed by atoms with Crippen molar-refractivity contribution < 1.29 is 4.79 Å². The number of fused-ring (bicyclic) bond motifs is 1. The van der Waals surface area contributed by atoms with Gasteiger partial charge in [-0.3, -0.25) is 14.2 Å². The molecule has 0 bridgehead atoms. The standard InChI is InChI=1S/C25H22ClN3O2S/c1-17-20(26)11-7-13-22(17)29-24(31)19-10-5-6-12-21(19)28-25(29)32-16-23(30)27-15-14-18-8-3-2-4-9-18/h2-13H,14-16H2,1H3,(H,27,30). The minimum absolute atomic E-state index is 0.109. The summed E-state index contributed by atoms with van der Waals surface area (Å²) >= 11 is 7.55. The molecule has 0 fully saturated rings. The van der Waals surface area contributed by atoms with Crippen LogP contribution in [0.1, 0.15) is 11.1 Å². The Hall–Kier alpha value is -3.09. The van der Waals surface area contributed by atoms with E-state index in [0.717, 1.165) is 12.0 Å². The van der Waals surface area contributed by atoms with E-state index < -0.39 is 0 Å². The second-order valence-corrected chi connectivity index (χ2v) is 8.66. The van der Waals surface area contributed by atoms with Crippen molar-refractivity contribution in [3.63, 3.8) is 0 Å². The molecule has 1 N–H and O–H groups in total. The maximum atomic E-state index is 13.4. The molecule has 1 amide bonds. The van der Waals surface area contributed by atoms with Crippen LogP contribution in [-0.4, -0.2) is 27.8 Å². The van der Waals surface area contributed by atoms with Crippen molar-refractivity contribution in [1.82, 2.24) is 14.9 Å². The summed E-state index contributed by atoms with van der Waals surface area (Å²) in [7, 11) is 0. The Kier molecular flexibility index (Phi) is 6.93. The van der Waals surface area contributed by atoms with E-state index in [1.807, 2.05) is 55.5 Å². The number of para-hydroxylation sites is 1. The van der Waals surface area contributed by atoms with Gasteiger partial charge in [0.25, 0.3) is 5.56 Å². The minimum Gasteiger partial charge on any atom is -0.355 e. The SMILES string of the molecule is Cc1c(Cl)cccc1-n1c(SCC(=O)NCCc2ccccc2)nc2ccccc2c1=O. The van der Waals surface area contributed by atoms with Crippen LogP contribution in [-0.2, 0) is 11.2 Å². The summed E-state index contributed by atoms with van der Waals surface area (Å²) in [4.78, 5) is 30.5. The summed E-state index contributed by atoms with van der Waals surface area (Å²) < 4.78 is 1.55. The molecule has 0 spiro atoms. The zero-order valence-corrected chi connectivity index (χ0v) is 19.1. The Morgan fingerprint density at radius 1 is 1.03 bits per heavy atom. The molecule has 1 heterocycles. The first-order valence-corrected chi connectivity index (χ1v) is 11.6. The number of nitrogens with zero attached hydrogens (tertiary/aromatic N) is 2. The lowest BCUT2D eigenvalue weighted by Crippen LogP contribution is -2.28. The Bertz CT molecular complexity index is 1320. The van der Waals surface area contributed by atoms with Gasteiger partial charge >= 0.3 is 0 Å². The zero-order valence-electron chi connectivity index (χ0n) is 17.5. The maximum absolute atomic E-state index is 13.4. The van der Waals surface area contributed by atoms with Crippen LogP contribution in [0.5, 0.6) is 0 Å². The van der Waals surface area contributed by atoms with Gasteiger partial charge in [0, 0.05) is 11.6 Å². The summed E-state index contributed by atoms with van der Waals surface area (Å²) in [6.07, 6.45) is 0.762. The second kappa shape index (κ2) is 10.0. The van der Waals surface area contributed by atoms with Crippen molar-refractivity contribution in [2.24, 2.45) is 0 Å². The lowest BCUT2D eigenvalue weighted by molar-refractivity contribution is -0.118. The number of nitrogens with one attached hydrogen (secondary N) is 1. The average molecular weight is 464 g/mol. The largest absolute Gasteiger partial charge is 0.355 e. The molecule has 32 heavy (non-hydrogen) atoms. The van der Waals surface area contributed by atoms with Gasteiger partial charge in [-0.05, 0) is 48.7 Å². The quantitative estimate of drug-likeness (QED) is 0.316. The van der Waals surface area contributed by atoms with Gasteiger partial charge in [-0.2, -0.15) is 0 Å². The van der Waals surface area contributed by atoms with Crippen LogP contribution >= 0.6 is 23.4 Å². The third-order valence-electron chi connectivity index (χ3n) is 5.14. The van der Waals surface area contributed by atoms with Gasteiger partial charge in [-0.25, -0.2) is 4.98 Å². The molecule has 3 aromatic carbocycles. The monoisotopic (exact) mass is 463 g/mol. The molecule has 0 unspecified atom stereocenters. The van der Waals surface area contributed by atoms with E-state index in [9.17, 15) is 9.59 Å². The van der Waals surface area contributed by atoms with Crippen LogP contribution < -0.4 is 10.9 Å². The van der Waals surface area contributed by atoms with Crippen LogP contribution in [0, 0.1) is 6.92 Å². The van der Waals surface area contributed by atoms with Crippen LogP contribution in [0.3, 0.4) is 0 Å². The van der Waals surface area contributed by atoms with E-state index in [4.69, 9.17) is 11.6 Å². The molecule has 0 atom stereocenters. The third-order valence-corrected chi connectivity index (χ3v) is 6.48. The summed E-state index contributed by atoms with van der Waals surface area (Å²) in [5.41, 5.74) is 3.02.